The lowest BCUT2D eigenvalue weighted by Crippen LogP contribution is -2.41. The number of nitrogens with one attached hydrogen (secondary N) is 1. The summed E-state index contributed by atoms with van der Waals surface area (Å²) in [5, 5.41) is 3.86. The Kier molecular flexibility index (Phi) is 9.59. The SMILES string of the molecule is CCCCCCCCCNC1CCCCC1C(C)C. The summed E-state index contributed by atoms with van der Waals surface area (Å²) in [4.78, 5) is 0. The summed E-state index contributed by atoms with van der Waals surface area (Å²) in [7, 11) is 0. The van der Waals surface area contributed by atoms with Crippen LogP contribution in [0.5, 0.6) is 0 Å². The monoisotopic (exact) mass is 267 g/mol. The fourth-order valence-corrected chi connectivity index (χ4v) is 3.58. The third kappa shape index (κ3) is 7.34. The highest BCUT2D eigenvalue weighted by molar-refractivity contribution is 4.82. The van der Waals surface area contributed by atoms with E-state index in [4.69, 9.17) is 0 Å². The normalized spacial score (nSPS) is 24.0. The van der Waals surface area contributed by atoms with Gasteiger partial charge >= 0.3 is 0 Å². The van der Waals surface area contributed by atoms with E-state index in [0.717, 1.165) is 17.9 Å². The molecule has 1 fully saturated rings. The third-order valence-electron chi connectivity index (χ3n) is 4.86. The minimum absolute atomic E-state index is 0.814. The minimum Gasteiger partial charge on any atom is -0.314 e. The molecule has 0 aromatic carbocycles. The molecule has 0 aromatic rings. The molecule has 0 aliphatic heterocycles. The zero-order valence-electron chi connectivity index (χ0n) is 13.7. The van der Waals surface area contributed by atoms with Crippen LogP contribution in [0.15, 0.2) is 0 Å². The molecule has 0 radical (unpaired) electrons. The van der Waals surface area contributed by atoms with Gasteiger partial charge in [-0.15, -0.1) is 0 Å². The van der Waals surface area contributed by atoms with Gasteiger partial charge in [0.2, 0.25) is 0 Å². The van der Waals surface area contributed by atoms with E-state index in [9.17, 15) is 0 Å². The highest BCUT2D eigenvalue weighted by atomic mass is 14.9. The summed E-state index contributed by atoms with van der Waals surface area (Å²) in [6, 6.07) is 0.814. The predicted octanol–water partition coefficient (Wildman–Crippen LogP) is 5.54. The average Bonchev–Trinajstić information content (AvgIpc) is 2.42. The van der Waals surface area contributed by atoms with Gasteiger partial charge in [-0.2, -0.15) is 0 Å². The first-order chi connectivity index (χ1) is 9.25. The maximum Gasteiger partial charge on any atom is 0.00977 e. The molecule has 1 heteroatoms. The Hall–Kier alpha value is -0.0400. The van der Waals surface area contributed by atoms with E-state index in [2.05, 4.69) is 26.1 Å². The molecule has 2 atom stereocenters. The fourth-order valence-electron chi connectivity index (χ4n) is 3.58. The maximum atomic E-state index is 3.86. The van der Waals surface area contributed by atoms with Crippen LogP contribution in [-0.4, -0.2) is 12.6 Å². The predicted molar refractivity (Wildman–Crippen MR) is 86.6 cm³/mol. The molecule has 1 aliphatic rings. The van der Waals surface area contributed by atoms with Gasteiger partial charge < -0.3 is 5.32 Å². The Labute approximate surface area is 121 Å². The van der Waals surface area contributed by atoms with E-state index in [1.54, 1.807) is 0 Å². The van der Waals surface area contributed by atoms with Crippen molar-refractivity contribution in [3.05, 3.63) is 0 Å². The van der Waals surface area contributed by atoms with Crippen molar-refractivity contribution in [3.8, 4) is 0 Å². The molecule has 1 rings (SSSR count). The molecule has 0 saturated heterocycles. The highest BCUT2D eigenvalue weighted by Crippen LogP contribution is 2.30. The lowest BCUT2D eigenvalue weighted by Gasteiger charge is -2.35. The first-order valence-electron chi connectivity index (χ1n) is 8.99. The van der Waals surface area contributed by atoms with Crippen LogP contribution in [0.3, 0.4) is 0 Å². The molecule has 0 bridgehead atoms. The Balaban J connectivity index is 2.01. The van der Waals surface area contributed by atoms with E-state index in [1.807, 2.05) is 0 Å². The van der Waals surface area contributed by atoms with Crippen molar-refractivity contribution in [2.75, 3.05) is 6.54 Å². The molecule has 1 aliphatic carbocycles. The van der Waals surface area contributed by atoms with Gasteiger partial charge in [-0.25, -0.2) is 0 Å². The van der Waals surface area contributed by atoms with Crippen molar-refractivity contribution in [1.82, 2.24) is 5.32 Å². The van der Waals surface area contributed by atoms with Gasteiger partial charge in [0, 0.05) is 6.04 Å². The van der Waals surface area contributed by atoms with Crippen LogP contribution in [-0.2, 0) is 0 Å². The molecule has 0 heterocycles. The van der Waals surface area contributed by atoms with E-state index >= 15 is 0 Å². The molecule has 0 spiro atoms. The van der Waals surface area contributed by atoms with Gasteiger partial charge in [0.15, 0.2) is 0 Å². The second-order valence-electron chi connectivity index (χ2n) is 6.87. The molecule has 19 heavy (non-hydrogen) atoms. The molecular weight excluding hydrogens is 230 g/mol. The van der Waals surface area contributed by atoms with Gasteiger partial charge in [-0.1, -0.05) is 72.1 Å². The van der Waals surface area contributed by atoms with Crippen molar-refractivity contribution in [2.45, 2.75) is 97.4 Å². The number of unbranched alkanes of at least 4 members (excludes halogenated alkanes) is 6. The fraction of sp³-hybridized carbons (Fsp3) is 1.00. The van der Waals surface area contributed by atoms with E-state index in [0.29, 0.717) is 0 Å². The molecular formula is C18H37N. The van der Waals surface area contributed by atoms with E-state index in [-0.39, 0.29) is 0 Å². The van der Waals surface area contributed by atoms with Crippen molar-refractivity contribution >= 4 is 0 Å². The van der Waals surface area contributed by atoms with Crippen LogP contribution in [0.25, 0.3) is 0 Å². The van der Waals surface area contributed by atoms with Gasteiger partial charge in [0.25, 0.3) is 0 Å². The zero-order chi connectivity index (χ0) is 13.9. The largest absolute Gasteiger partial charge is 0.314 e. The van der Waals surface area contributed by atoms with Crippen LogP contribution < -0.4 is 5.32 Å². The smallest absolute Gasteiger partial charge is 0.00977 e. The van der Waals surface area contributed by atoms with Crippen LogP contribution in [0, 0.1) is 11.8 Å². The van der Waals surface area contributed by atoms with Crippen molar-refractivity contribution in [1.29, 1.82) is 0 Å². The highest BCUT2D eigenvalue weighted by Gasteiger charge is 2.26. The first-order valence-corrected chi connectivity index (χ1v) is 8.99. The Morgan fingerprint density at radius 2 is 1.53 bits per heavy atom. The number of hydrogen-bond donors (Lipinski definition) is 1. The second kappa shape index (κ2) is 10.7. The van der Waals surface area contributed by atoms with E-state index in [1.165, 1.54) is 77.2 Å². The summed E-state index contributed by atoms with van der Waals surface area (Å²) in [5.41, 5.74) is 0. The van der Waals surface area contributed by atoms with Crippen LogP contribution in [0.1, 0.15) is 91.4 Å². The van der Waals surface area contributed by atoms with Crippen molar-refractivity contribution < 1.29 is 0 Å². The van der Waals surface area contributed by atoms with E-state index < -0.39 is 0 Å². The minimum atomic E-state index is 0.814. The average molecular weight is 268 g/mol. The van der Waals surface area contributed by atoms with Gasteiger partial charge in [0.1, 0.15) is 0 Å². The first kappa shape index (κ1) is 17.0. The van der Waals surface area contributed by atoms with Crippen LogP contribution >= 0.6 is 0 Å². The van der Waals surface area contributed by atoms with Gasteiger partial charge in [0.05, 0.1) is 0 Å². The van der Waals surface area contributed by atoms with Gasteiger partial charge in [-0.3, -0.25) is 0 Å². The number of rotatable bonds is 10. The lowest BCUT2D eigenvalue weighted by atomic mass is 9.78. The maximum absolute atomic E-state index is 3.86. The van der Waals surface area contributed by atoms with Crippen LogP contribution in [0.4, 0.5) is 0 Å². The lowest BCUT2D eigenvalue weighted by molar-refractivity contribution is 0.205. The Morgan fingerprint density at radius 3 is 2.21 bits per heavy atom. The van der Waals surface area contributed by atoms with Crippen molar-refractivity contribution in [2.24, 2.45) is 11.8 Å². The molecule has 1 nitrogen and oxygen atoms in total. The summed E-state index contributed by atoms with van der Waals surface area (Å²) in [6.45, 7) is 8.34. The second-order valence-corrected chi connectivity index (χ2v) is 6.87. The van der Waals surface area contributed by atoms with Crippen molar-refractivity contribution in [3.63, 3.8) is 0 Å². The Bertz CT molecular complexity index is 200. The third-order valence-corrected chi connectivity index (χ3v) is 4.86. The molecule has 0 aromatic heterocycles. The topological polar surface area (TPSA) is 12.0 Å². The molecule has 114 valence electrons. The molecule has 2 unspecified atom stereocenters. The summed E-state index contributed by atoms with van der Waals surface area (Å²) < 4.78 is 0. The zero-order valence-corrected chi connectivity index (χ0v) is 13.7. The summed E-state index contributed by atoms with van der Waals surface area (Å²) in [5.74, 6) is 1.78. The van der Waals surface area contributed by atoms with Gasteiger partial charge in [-0.05, 0) is 37.6 Å². The van der Waals surface area contributed by atoms with Crippen LogP contribution in [0.2, 0.25) is 0 Å². The molecule has 1 saturated carbocycles. The Morgan fingerprint density at radius 1 is 0.895 bits per heavy atom. The molecule has 0 amide bonds. The standard InChI is InChI=1S/C18H37N/c1-4-5-6-7-8-9-12-15-19-18-14-11-10-13-17(18)16(2)3/h16-19H,4-15H2,1-3H3. The molecule has 1 N–H and O–H groups in total. The summed E-state index contributed by atoms with van der Waals surface area (Å²) in [6.07, 6.45) is 15.7. The number of hydrogen-bond acceptors (Lipinski definition) is 1. The summed E-state index contributed by atoms with van der Waals surface area (Å²) >= 11 is 0. The quantitative estimate of drug-likeness (QED) is 0.512.